The number of carbonyl (C=O) groups is 1. The van der Waals surface area contributed by atoms with E-state index in [2.05, 4.69) is 13.8 Å². The highest BCUT2D eigenvalue weighted by molar-refractivity contribution is 5.91. The number of aliphatic hydroxyl groups is 3. The summed E-state index contributed by atoms with van der Waals surface area (Å²) in [6.45, 7) is 4.12. The summed E-state index contributed by atoms with van der Waals surface area (Å²) in [5, 5.41) is 31.1. The van der Waals surface area contributed by atoms with Crippen LogP contribution in [0.2, 0.25) is 0 Å². The van der Waals surface area contributed by atoms with Gasteiger partial charge >= 0.3 is 0 Å². The summed E-state index contributed by atoms with van der Waals surface area (Å²) in [5.41, 5.74) is 0.00120. The Bertz CT molecular complexity index is 613. The van der Waals surface area contributed by atoms with E-state index in [9.17, 15) is 20.1 Å². The van der Waals surface area contributed by atoms with E-state index in [1.54, 1.807) is 0 Å². The van der Waals surface area contributed by atoms with E-state index in [1.165, 1.54) is 5.57 Å². The molecule has 140 valence electrons. The smallest absolute Gasteiger partial charge is 0.155 e. The zero-order valence-corrected chi connectivity index (χ0v) is 15.5. The number of rotatable bonds is 2. The molecular formula is C21H32O4. The first-order valence-corrected chi connectivity index (χ1v) is 10.0. The number of ketones is 1. The van der Waals surface area contributed by atoms with E-state index in [4.69, 9.17) is 0 Å². The van der Waals surface area contributed by atoms with Crippen molar-refractivity contribution in [2.24, 2.45) is 28.6 Å². The number of carbonyl (C=O) groups excluding carboxylic acids is 1. The molecule has 3 saturated carbocycles. The minimum atomic E-state index is -1.17. The van der Waals surface area contributed by atoms with Crippen molar-refractivity contribution in [3.63, 3.8) is 0 Å². The second-order valence-corrected chi connectivity index (χ2v) is 9.59. The van der Waals surface area contributed by atoms with Gasteiger partial charge in [0, 0.05) is 11.8 Å². The van der Waals surface area contributed by atoms with Crippen LogP contribution in [0.4, 0.5) is 0 Å². The number of hydrogen-bond donors (Lipinski definition) is 3. The lowest BCUT2D eigenvalue weighted by Crippen LogP contribution is -2.59. The highest BCUT2D eigenvalue weighted by Crippen LogP contribution is 2.67. The van der Waals surface area contributed by atoms with E-state index in [-0.39, 0.29) is 23.2 Å². The van der Waals surface area contributed by atoms with Crippen LogP contribution in [0.25, 0.3) is 0 Å². The van der Waals surface area contributed by atoms with E-state index in [0.29, 0.717) is 30.6 Å². The Hall–Kier alpha value is -0.710. The van der Waals surface area contributed by atoms with Crippen LogP contribution >= 0.6 is 0 Å². The molecule has 4 nitrogen and oxygen atoms in total. The molecule has 0 saturated heterocycles. The SMILES string of the molecule is CC12CCC(=O)C=C1CCC1C2CCC2(C)C1CCC2(O)C(O)CO. The third-order valence-corrected chi connectivity index (χ3v) is 8.90. The monoisotopic (exact) mass is 348 g/mol. The van der Waals surface area contributed by atoms with Gasteiger partial charge in [0.25, 0.3) is 0 Å². The predicted octanol–water partition coefficient (Wildman–Crippen LogP) is 2.60. The molecule has 4 rings (SSSR count). The molecule has 7 atom stereocenters. The standard InChI is InChI=1S/C21H32O4/c1-19-8-5-14(23)11-13(19)3-4-15-16(19)6-9-20(2)17(15)7-10-21(20,25)18(24)12-22/h11,15-18,22,24-25H,3-10,12H2,1-2H3. The van der Waals surface area contributed by atoms with Crippen LogP contribution in [0.1, 0.15) is 65.2 Å². The van der Waals surface area contributed by atoms with Crippen molar-refractivity contribution in [3.8, 4) is 0 Å². The van der Waals surface area contributed by atoms with Crippen molar-refractivity contribution >= 4 is 5.78 Å². The molecule has 7 unspecified atom stereocenters. The van der Waals surface area contributed by atoms with Crippen molar-refractivity contribution in [2.45, 2.75) is 76.9 Å². The maximum Gasteiger partial charge on any atom is 0.155 e. The van der Waals surface area contributed by atoms with Gasteiger partial charge in [0.15, 0.2) is 5.78 Å². The predicted molar refractivity (Wildman–Crippen MR) is 94.8 cm³/mol. The summed E-state index contributed by atoms with van der Waals surface area (Å²) in [7, 11) is 0. The number of allylic oxidation sites excluding steroid dienone is 1. The van der Waals surface area contributed by atoms with Crippen LogP contribution in [-0.4, -0.2) is 39.4 Å². The van der Waals surface area contributed by atoms with E-state index in [0.717, 1.165) is 38.5 Å². The molecule has 4 aliphatic carbocycles. The maximum absolute atomic E-state index is 11.9. The Balaban J connectivity index is 1.67. The average Bonchev–Trinajstić information content (AvgIpc) is 2.87. The fourth-order valence-electron chi connectivity index (χ4n) is 7.31. The molecule has 0 bridgehead atoms. The van der Waals surface area contributed by atoms with Crippen LogP contribution in [0.15, 0.2) is 11.6 Å². The van der Waals surface area contributed by atoms with Gasteiger partial charge in [-0.25, -0.2) is 0 Å². The fourth-order valence-corrected chi connectivity index (χ4v) is 7.31. The summed E-state index contributed by atoms with van der Waals surface area (Å²) < 4.78 is 0. The van der Waals surface area contributed by atoms with Gasteiger partial charge in [-0.2, -0.15) is 0 Å². The summed E-state index contributed by atoms with van der Waals surface area (Å²) in [4.78, 5) is 11.9. The van der Waals surface area contributed by atoms with Gasteiger partial charge in [-0.1, -0.05) is 19.4 Å². The van der Waals surface area contributed by atoms with Crippen molar-refractivity contribution < 1.29 is 20.1 Å². The first kappa shape index (κ1) is 17.7. The Morgan fingerprint density at radius 2 is 1.84 bits per heavy atom. The number of fused-ring (bicyclic) bond motifs is 5. The molecule has 0 aromatic heterocycles. The molecule has 3 N–H and O–H groups in total. The summed E-state index contributed by atoms with van der Waals surface area (Å²) in [5.74, 6) is 1.81. The van der Waals surface area contributed by atoms with E-state index >= 15 is 0 Å². The third-order valence-electron chi connectivity index (χ3n) is 8.90. The van der Waals surface area contributed by atoms with Crippen molar-refractivity contribution in [2.75, 3.05) is 6.61 Å². The van der Waals surface area contributed by atoms with Crippen molar-refractivity contribution in [1.29, 1.82) is 0 Å². The van der Waals surface area contributed by atoms with Gasteiger partial charge in [-0.3, -0.25) is 4.79 Å². The molecule has 4 aliphatic rings. The molecule has 0 aliphatic heterocycles. The molecular weight excluding hydrogens is 316 g/mol. The van der Waals surface area contributed by atoms with Gasteiger partial charge < -0.3 is 15.3 Å². The molecule has 3 fully saturated rings. The van der Waals surface area contributed by atoms with Gasteiger partial charge in [-0.05, 0) is 74.2 Å². The minimum Gasteiger partial charge on any atom is -0.394 e. The van der Waals surface area contributed by atoms with Crippen LogP contribution in [0.3, 0.4) is 0 Å². The minimum absolute atomic E-state index is 0.133. The third kappa shape index (κ3) is 2.20. The molecule has 0 aromatic carbocycles. The maximum atomic E-state index is 11.9. The fraction of sp³-hybridized carbons (Fsp3) is 0.857. The lowest BCUT2D eigenvalue weighted by Gasteiger charge is -2.59. The average molecular weight is 348 g/mol. The summed E-state index contributed by atoms with van der Waals surface area (Å²) >= 11 is 0. The van der Waals surface area contributed by atoms with Crippen molar-refractivity contribution in [1.82, 2.24) is 0 Å². The van der Waals surface area contributed by atoms with Crippen LogP contribution in [0.5, 0.6) is 0 Å². The zero-order chi connectivity index (χ0) is 18.0. The van der Waals surface area contributed by atoms with Gasteiger partial charge in [0.2, 0.25) is 0 Å². The summed E-state index contributed by atoms with van der Waals surface area (Å²) in [6, 6.07) is 0. The molecule has 0 aromatic rings. The normalized spacial score (nSPS) is 50.5. The first-order valence-electron chi connectivity index (χ1n) is 10.0. The molecule has 0 amide bonds. The largest absolute Gasteiger partial charge is 0.394 e. The van der Waals surface area contributed by atoms with Gasteiger partial charge in [0.05, 0.1) is 12.2 Å². The van der Waals surface area contributed by atoms with Crippen LogP contribution in [-0.2, 0) is 4.79 Å². The molecule has 0 spiro atoms. The van der Waals surface area contributed by atoms with Gasteiger partial charge in [0.1, 0.15) is 6.10 Å². The Morgan fingerprint density at radius 1 is 1.12 bits per heavy atom. The Morgan fingerprint density at radius 3 is 2.56 bits per heavy atom. The second kappa shape index (κ2) is 5.64. The quantitative estimate of drug-likeness (QED) is 0.717. The van der Waals surface area contributed by atoms with Crippen LogP contribution in [0, 0.1) is 28.6 Å². The number of aliphatic hydroxyl groups excluding tert-OH is 2. The zero-order valence-electron chi connectivity index (χ0n) is 15.5. The van der Waals surface area contributed by atoms with Crippen LogP contribution < -0.4 is 0 Å². The lowest BCUT2D eigenvalue weighted by atomic mass is 9.46. The highest BCUT2D eigenvalue weighted by Gasteiger charge is 2.65. The number of hydrogen-bond acceptors (Lipinski definition) is 4. The molecule has 0 heterocycles. The highest BCUT2D eigenvalue weighted by atomic mass is 16.4. The van der Waals surface area contributed by atoms with E-state index in [1.807, 2.05) is 6.08 Å². The Labute approximate surface area is 150 Å². The summed E-state index contributed by atoms with van der Waals surface area (Å²) in [6.07, 6.45) is 8.03. The van der Waals surface area contributed by atoms with Gasteiger partial charge in [-0.15, -0.1) is 0 Å². The van der Waals surface area contributed by atoms with E-state index < -0.39 is 11.7 Å². The Kier molecular flexibility index (Phi) is 3.99. The van der Waals surface area contributed by atoms with Crippen molar-refractivity contribution in [3.05, 3.63) is 11.6 Å². The second-order valence-electron chi connectivity index (χ2n) is 9.59. The molecule has 25 heavy (non-hydrogen) atoms. The topological polar surface area (TPSA) is 77.8 Å². The molecule has 4 heteroatoms. The lowest BCUT2D eigenvalue weighted by molar-refractivity contribution is -0.184. The first-order chi connectivity index (χ1) is 11.8. The molecule has 0 radical (unpaired) electrons.